The molecule has 0 aliphatic heterocycles. The van der Waals surface area contributed by atoms with Gasteiger partial charge in [-0.25, -0.2) is 8.78 Å². The number of rotatable bonds is 6. The average Bonchev–Trinajstić information content (AvgIpc) is 2.49. The first kappa shape index (κ1) is 15.1. The maximum Gasteiger partial charge on any atom is 0.203 e. The van der Waals surface area contributed by atoms with Gasteiger partial charge in [0.05, 0.1) is 5.56 Å². The quantitative estimate of drug-likeness (QED) is 0.833. The molecule has 0 fully saturated rings. The van der Waals surface area contributed by atoms with Crippen LogP contribution in [0.3, 0.4) is 0 Å². The summed E-state index contributed by atoms with van der Waals surface area (Å²) in [6.07, 6.45) is 0.388. The molecule has 2 aromatic carbocycles. The maximum atomic E-state index is 13.5. The minimum Gasteiger partial charge on any atom is -0.485 e. The summed E-state index contributed by atoms with van der Waals surface area (Å²) >= 11 is 0. The van der Waals surface area contributed by atoms with E-state index in [1.54, 1.807) is 24.3 Å². The van der Waals surface area contributed by atoms with Crippen molar-refractivity contribution in [2.75, 3.05) is 13.2 Å². The van der Waals surface area contributed by atoms with Crippen LogP contribution in [0.25, 0.3) is 0 Å². The Kier molecular flexibility index (Phi) is 5.00. The minimum absolute atomic E-state index is 0.0488. The summed E-state index contributed by atoms with van der Waals surface area (Å²) in [5, 5.41) is 8.95. The van der Waals surface area contributed by atoms with Crippen LogP contribution in [0.5, 0.6) is 5.75 Å². The molecule has 3 nitrogen and oxygen atoms in total. The van der Waals surface area contributed by atoms with Crippen LogP contribution < -0.4 is 4.74 Å². The highest BCUT2D eigenvalue weighted by atomic mass is 19.1. The number of benzene rings is 2. The Morgan fingerprint density at radius 3 is 2.67 bits per heavy atom. The van der Waals surface area contributed by atoms with Gasteiger partial charge < -0.3 is 9.84 Å². The largest absolute Gasteiger partial charge is 0.485 e. The number of halogens is 2. The Morgan fingerprint density at radius 2 is 1.90 bits per heavy atom. The summed E-state index contributed by atoms with van der Waals surface area (Å²) in [6.45, 7) is -0.449. The summed E-state index contributed by atoms with van der Waals surface area (Å²) in [5.41, 5.74) is 0.405. The topological polar surface area (TPSA) is 46.5 Å². The van der Waals surface area contributed by atoms with Crippen LogP contribution in [0, 0.1) is 11.6 Å². The number of Topliss-reactive ketones (excluding diaryl/α,β-unsaturated/α-hetero) is 1. The predicted octanol–water partition coefficient (Wildman–Crippen LogP) is 2.76. The molecule has 1 N–H and O–H groups in total. The van der Waals surface area contributed by atoms with Crippen LogP contribution >= 0.6 is 0 Å². The third-order valence-electron chi connectivity index (χ3n) is 2.94. The summed E-state index contributed by atoms with van der Waals surface area (Å²) in [7, 11) is 0. The van der Waals surface area contributed by atoms with Crippen LogP contribution in [0.1, 0.15) is 15.9 Å². The van der Waals surface area contributed by atoms with Crippen molar-refractivity contribution in [3.63, 3.8) is 0 Å². The van der Waals surface area contributed by atoms with Crippen molar-refractivity contribution in [3.8, 4) is 5.75 Å². The van der Waals surface area contributed by atoms with Gasteiger partial charge in [-0.3, -0.25) is 4.79 Å². The van der Waals surface area contributed by atoms with Crippen molar-refractivity contribution in [2.45, 2.75) is 6.42 Å². The fourth-order valence-corrected chi connectivity index (χ4v) is 1.90. The molecule has 2 rings (SSSR count). The molecule has 0 radical (unpaired) electrons. The summed E-state index contributed by atoms with van der Waals surface area (Å²) in [5.74, 6) is -1.67. The van der Waals surface area contributed by atoms with Gasteiger partial charge in [-0.05, 0) is 36.2 Å². The molecule has 0 amide bonds. The lowest BCUT2D eigenvalue weighted by atomic mass is 10.1. The van der Waals surface area contributed by atoms with Crippen molar-refractivity contribution >= 4 is 5.78 Å². The predicted molar refractivity (Wildman–Crippen MR) is 73.4 cm³/mol. The molecular weight excluding hydrogens is 278 g/mol. The van der Waals surface area contributed by atoms with Gasteiger partial charge in [0.1, 0.15) is 17.4 Å². The molecule has 0 saturated heterocycles. The van der Waals surface area contributed by atoms with Crippen molar-refractivity contribution < 1.29 is 23.4 Å². The smallest absolute Gasteiger partial charge is 0.203 e. The zero-order valence-corrected chi connectivity index (χ0v) is 11.2. The van der Waals surface area contributed by atoms with Crippen molar-refractivity contribution in [1.29, 1.82) is 0 Å². The number of para-hydroxylation sites is 1. The van der Waals surface area contributed by atoms with Gasteiger partial charge in [-0.2, -0.15) is 0 Å². The second-order valence-corrected chi connectivity index (χ2v) is 4.42. The molecule has 21 heavy (non-hydrogen) atoms. The number of hydrogen-bond donors (Lipinski definition) is 1. The van der Waals surface area contributed by atoms with Gasteiger partial charge in [0.15, 0.2) is 6.61 Å². The van der Waals surface area contributed by atoms with Gasteiger partial charge in [0.25, 0.3) is 0 Å². The number of aliphatic hydroxyl groups excluding tert-OH is 1. The number of hydrogen-bond acceptors (Lipinski definition) is 3. The molecule has 0 saturated carbocycles. The zero-order chi connectivity index (χ0) is 15.2. The van der Waals surface area contributed by atoms with E-state index in [0.717, 1.165) is 23.8 Å². The summed E-state index contributed by atoms with van der Waals surface area (Å²) < 4.78 is 31.9. The van der Waals surface area contributed by atoms with E-state index >= 15 is 0 Å². The van der Waals surface area contributed by atoms with E-state index < -0.39 is 24.0 Å². The SMILES string of the molecule is O=C(COc1ccccc1CCO)c1cc(F)ccc1F. The van der Waals surface area contributed by atoms with E-state index in [1.165, 1.54) is 0 Å². The second-order valence-electron chi connectivity index (χ2n) is 4.42. The molecule has 2 aromatic rings. The first-order valence-corrected chi connectivity index (χ1v) is 6.41. The molecule has 5 heteroatoms. The van der Waals surface area contributed by atoms with Crippen LogP contribution in [0.2, 0.25) is 0 Å². The van der Waals surface area contributed by atoms with E-state index in [1.807, 2.05) is 0 Å². The van der Waals surface area contributed by atoms with E-state index in [-0.39, 0.29) is 12.2 Å². The number of ketones is 1. The minimum atomic E-state index is -0.784. The molecule has 0 atom stereocenters. The van der Waals surface area contributed by atoms with Crippen LogP contribution in [-0.2, 0) is 6.42 Å². The van der Waals surface area contributed by atoms with Crippen LogP contribution in [0.4, 0.5) is 8.78 Å². The highest BCUT2D eigenvalue weighted by Gasteiger charge is 2.14. The lowest BCUT2D eigenvalue weighted by molar-refractivity contribution is 0.0916. The molecule has 0 aromatic heterocycles. The molecule has 0 unspecified atom stereocenters. The van der Waals surface area contributed by atoms with Gasteiger partial charge in [0, 0.05) is 6.61 Å². The van der Waals surface area contributed by atoms with Gasteiger partial charge in [0.2, 0.25) is 5.78 Å². The Morgan fingerprint density at radius 1 is 1.14 bits per heavy atom. The number of aliphatic hydroxyl groups is 1. The third kappa shape index (κ3) is 3.86. The van der Waals surface area contributed by atoms with E-state index in [4.69, 9.17) is 9.84 Å². The molecule has 0 aliphatic rings. The molecule has 0 heterocycles. The molecule has 0 spiro atoms. The molecule has 110 valence electrons. The molecule has 0 aliphatic carbocycles. The monoisotopic (exact) mass is 292 g/mol. The first-order valence-electron chi connectivity index (χ1n) is 6.41. The third-order valence-corrected chi connectivity index (χ3v) is 2.94. The van der Waals surface area contributed by atoms with Crippen molar-refractivity contribution in [1.82, 2.24) is 0 Å². The van der Waals surface area contributed by atoms with E-state index in [9.17, 15) is 13.6 Å². The van der Waals surface area contributed by atoms with Crippen LogP contribution in [0.15, 0.2) is 42.5 Å². The van der Waals surface area contributed by atoms with Crippen molar-refractivity contribution in [3.05, 3.63) is 65.2 Å². The number of carbonyl (C=O) groups is 1. The van der Waals surface area contributed by atoms with Crippen LogP contribution in [-0.4, -0.2) is 24.1 Å². The number of ether oxygens (including phenoxy) is 1. The highest BCUT2D eigenvalue weighted by molar-refractivity contribution is 5.97. The zero-order valence-electron chi connectivity index (χ0n) is 11.2. The Labute approximate surface area is 120 Å². The van der Waals surface area contributed by atoms with Crippen molar-refractivity contribution in [2.24, 2.45) is 0 Å². The Hall–Kier alpha value is -2.27. The van der Waals surface area contributed by atoms with Gasteiger partial charge in [-0.15, -0.1) is 0 Å². The standard InChI is InChI=1S/C16H14F2O3/c17-12-5-6-14(18)13(9-12)15(20)10-21-16-4-2-1-3-11(16)7-8-19/h1-6,9,19H,7-8,10H2. The second kappa shape index (κ2) is 6.95. The highest BCUT2D eigenvalue weighted by Crippen LogP contribution is 2.19. The molecule has 0 bridgehead atoms. The average molecular weight is 292 g/mol. The Balaban J connectivity index is 2.09. The fourth-order valence-electron chi connectivity index (χ4n) is 1.90. The van der Waals surface area contributed by atoms with E-state index in [0.29, 0.717) is 12.2 Å². The fraction of sp³-hybridized carbons (Fsp3) is 0.188. The number of carbonyl (C=O) groups excluding carboxylic acids is 1. The Bertz CT molecular complexity index is 641. The maximum absolute atomic E-state index is 13.5. The lowest BCUT2D eigenvalue weighted by Gasteiger charge is -2.10. The first-order chi connectivity index (χ1) is 10.1. The lowest BCUT2D eigenvalue weighted by Crippen LogP contribution is -2.14. The van der Waals surface area contributed by atoms with Gasteiger partial charge in [-0.1, -0.05) is 18.2 Å². The summed E-state index contributed by atoms with van der Waals surface area (Å²) in [4.78, 5) is 11.9. The molecular formula is C16H14F2O3. The van der Waals surface area contributed by atoms with E-state index in [2.05, 4.69) is 0 Å². The normalized spacial score (nSPS) is 10.4. The summed E-state index contributed by atoms with van der Waals surface area (Å²) in [6, 6.07) is 9.63. The van der Waals surface area contributed by atoms with Gasteiger partial charge >= 0.3 is 0 Å².